The highest BCUT2D eigenvalue weighted by Crippen LogP contribution is 2.12. The van der Waals surface area contributed by atoms with Crippen molar-refractivity contribution in [3.63, 3.8) is 0 Å². The van der Waals surface area contributed by atoms with Crippen molar-refractivity contribution >= 4 is 21.6 Å². The van der Waals surface area contributed by atoms with E-state index in [1.165, 1.54) is 12.1 Å². The molecule has 16 heavy (non-hydrogen) atoms. The van der Waals surface area contributed by atoms with E-state index in [9.17, 15) is 9.18 Å². The second-order valence-electron chi connectivity index (χ2n) is 3.23. The monoisotopic (exact) mass is 286 g/mol. The molecule has 0 amide bonds. The smallest absolute Gasteiger partial charge is 0.272 e. The molecule has 0 bridgehead atoms. The van der Waals surface area contributed by atoms with Gasteiger partial charge in [-0.25, -0.2) is 9.37 Å². The number of aliphatic hydroxyl groups is 1. The number of hydrogen-bond donors (Lipinski definition) is 1. The second-order valence-corrected chi connectivity index (χ2v) is 4.02. The van der Waals surface area contributed by atoms with Gasteiger partial charge in [0.1, 0.15) is 15.9 Å². The van der Waals surface area contributed by atoms with E-state index in [1.807, 2.05) is 0 Å². The normalized spacial score (nSPS) is 10.9. The number of aromatic nitrogens is 2. The summed E-state index contributed by atoms with van der Waals surface area (Å²) < 4.78 is 14.3. The summed E-state index contributed by atoms with van der Waals surface area (Å²) in [4.78, 5) is 16.0. The van der Waals surface area contributed by atoms with Crippen LogP contribution >= 0.6 is 15.9 Å². The molecule has 0 spiro atoms. The summed E-state index contributed by atoms with van der Waals surface area (Å²) >= 11 is 3.10. The SMILES string of the molecule is O=c1c(Br)c(CCO)nc2ccc(F)cn12. The highest BCUT2D eigenvalue weighted by atomic mass is 79.9. The molecule has 0 atom stereocenters. The van der Waals surface area contributed by atoms with Crippen LogP contribution in [-0.2, 0) is 6.42 Å². The van der Waals surface area contributed by atoms with Gasteiger partial charge in [0.25, 0.3) is 5.56 Å². The number of rotatable bonds is 2. The molecule has 2 aromatic heterocycles. The van der Waals surface area contributed by atoms with Crippen LogP contribution in [0.3, 0.4) is 0 Å². The summed E-state index contributed by atoms with van der Waals surface area (Å²) in [5, 5.41) is 8.82. The fraction of sp³-hybridized carbons (Fsp3) is 0.200. The Labute approximate surface area is 98.5 Å². The van der Waals surface area contributed by atoms with Gasteiger partial charge in [-0.05, 0) is 28.1 Å². The standard InChI is InChI=1S/C10H8BrFN2O2/c11-9-7(3-4-15)13-8-2-1-6(12)5-14(8)10(9)16/h1-2,5,15H,3-4H2. The lowest BCUT2D eigenvalue weighted by Gasteiger charge is -2.05. The zero-order valence-electron chi connectivity index (χ0n) is 8.15. The van der Waals surface area contributed by atoms with E-state index >= 15 is 0 Å². The first kappa shape index (κ1) is 11.2. The van der Waals surface area contributed by atoms with Crippen LogP contribution in [0.15, 0.2) is 27.6 Å². The van der Waals surface area contributed by atoms with Crippen molar-refractivity contribution in [3.8, 4) is 0 Å². The third-order valence-corrected chi connectivity index (χ3v) is 2.95. The molecule has 6 heteroatoms. The third kappa shape index (κ3) is 1.85. The maximum atomic E-state index is 13.0. The molecule has 2 aromatic rings. The average molecular weight is 287 g/mol. The van der Waals surface area contributed by atoms with Gasteiger partial charge < -0.3 is 5.11 Å². The van der Waals surface area contributed by atoms with Crippen LogP contribution in [0.2, 0.25) is 0 Å². The summed E-state index contributed by atoms with van der Waals surface area (Å²) in [5.41, 5.74) is 0.449. The first-order valence-electron chi connectivity index (χ1n) is 4.60. The van der Waals surface area contributed by atoms with Crippen molar-refractivity contribution in [3.05, 3.63) is 44.7 Å². The molecular weight excluding hydrogens is 279 g/mol. The molecule has 0 aliphatic rings. The van der Waals surface area contributed by atoms with Crippen molar-refractivity contribution in [2.75, 3.05) is 6.61 Å². The Balaban J connectivity index is 2.78. The minimum Gasteiger partial charge on any atom is -0.396 e. The molecule has 0 saturated heterocycles. The zero-order valence-corrected chi connectivity index (χ0v) is 9.74. The number of aliphatic hydroxyl groups excluding tert-OH is 1. The summed E-state index contributed by atoms with van der Waals surface area (Å²) in [6.45, 7) is -0.0948. The predicted octanol–water partition coefficient (Wildman–Crippen LogP) is 1.13. The molecule has 0 aliphatic heterocycles. The Bertz CT molecular complexity index is 597. The molecule has 0 radical (unpaired) electrons. The van der Waals surface area contributed by atoms with Crippen molar-refractivity contribution in [2.45, 2.75) is 6.42 Å². The molecule has 0 unspecified atom stereocenters. The molecule has 84 valence electrons. The molecule has 4 nitrogen and oxygen atoms in total. The van der Waals surface area contributed by atoms with Gasteiger partial charge in [0, 0.05) is 19.2 Å². The highest BCUT2D eigenvalue weighted by Gasteiger charge is 2.09. The lowest BCUT2D eigenvalue weighted by atomic mass is 10.3. The molecule has 2 heterocycles. The molecule has 0 saturated carbocycles. The molecular formula is C10H8BrFN2O2. The van der Waals surface area contributed by atoms with E-state index in [1.54, 1.807) is 0 Å². The van der Waals surface area contributed by atoms with Crippen molar-refractivity contribution in [1.82, 2.24) is 9.38 Å². The topological polar surface area (TPSA) is 54.6 Å². The minimum atomic E-state index is -0.502. The second kappa shape index (κ2) is 4.31. The van der Waals surface area contributed by atoms with Crippen molar-refractivity contribution < 1.29 is 9.50 Å². The van der Waals surface area contributed by atoms with Gasteiger partial charge in [0.15, 0.2) is 0 Å². The Morgan fingerprint density at radius 3 is 2.94 bits per heavy atom. The van der Waals surface area contributed by atoms with Crippen LogP contribution in [-0.4, -0.2) is 21.1 Å². The van der Waals surface area contributed by atoms with E-state index in [2.05, 4.69) is 20.9 Å². The van der Waals surface area contributed by atoms with Crippen molar-refractivity contribution in [2.24, 2.45) is 0 Å². The number of halogens is 2. The van der Waals surface area contributed by atoms with Gasteiger partial charge >= 0.3 is 0 Å². The lowest BCUT2D eigenvalue weighted by molar-refractivity contribution is 0.298. The number of hydrogen-bond acceptors (Lipinski definition) is 3. The van der Waals surface area contributed by atoms with Gasteiger partial charge in [-0.3, -0.25) is 9.20 Å². The molecule has 0 aliphatic carbocycles. The van der Waals surface area contributed by atoms with Crippen LogP contribution in [0, 0.1) is 5.82 Å². The largest absolute Gasteiger partial charge is 0.396 e. The van der Waals surface area contributed by atoms with Gasteiger partial charge in [0.2, 0.25) is 0 Å². The zero-order chi connectivity index (χ0) is 11.7. The van der Waals surface area contributed by atoms with E-state index in [4.69, 9.17) is 5.11 Å². The van der Waals surface area contributed by atoms with Crippen LogP contribution in [0.1, 0.15) is 5.69 Å². The lowest BCUT2D eigenvalue weighted by Crippen LogP contribution is -2.19. The van der Waals surface area contributed by atoms with E-state index < -0.39 is 5.82 Å². The summed E-state index contributed by atoms with van der Waals surface area (Å²) in [6.07, 6.45) is 1.36. The number of nitrogens with zero attached hydrogens (tertiary/aromatic N) is 2. The van der Waals surface area contributed by atoms with E-state index in [0.717, 1.165) is 10.6 Å². The van der Waals surface area contributed by atoms with Crippen molar-refractivity contribution in [1.29, 1.82) is 0 Å². The summed E-state index contributed by atoms with van der Waals surface area (Å²) in [7, 11) is 0. The maximum Gasteiger partial charge on any atom is 0.272 e. The van der Waals surface area contributed by atoms with Crippen LogP contribution in [0.4, 0.5) is 4.39 Å². The van der Waals surface area contributed by atoms with Crippen LogP contribution in [0.5, 0.6) is 0 Å². The fourth-order valence-electron chi connectivity index (χ4n) is 1.41. The highest BCUT2D eigenvalue weighted by molar-refractivity contribution is 9.10. The first-order valence-corrected chi connectivity index (χ1v) is 5.40. The van der Waals surface area contributed by atoms with Crippen LogP contribution in [0.25, 0.3) is 5.65 Å². The summed E-state index contributed by atoms with van der Waals surface area (Å²) in [5.74, 6) is -0.502. The molecule has 0 aromatic carbocycles. The molecule has 2 rings (SSSR count). The third-order valence-electron chi connectivity index (χ3n) is 2.15. The van der Waals surface area contributed by atoms with Gasteiger partial charge in [-0.2, -0.15) is 0 Å². The fourth-order valence-corrected chi connectivity index (χ4v) is 1.89. The Hall–Kier alpha value is -1.27. The number of pyridine rings is 1. The number of fused-ring (bicyclic) bond motifs is 1. The Kier molecular flexibility index (Phi) is 3.02. The first-order chi connectivity index (χ1) is 7.63. The molecule has 0 fully saturated rings. The predicted molar refractivity (Wildman–Crippen MR) is 59.9 cm³/mol. The minimum absolute atomic E-state index is 0.0948. The Morgan fingerprint density at radius 1 is 1.50 bits per heavy atom. The maximum absolute atomic E-state index is 13.0. The summed E-state index contributed by atoms with van der Waals surface area (Å²) in [6, 6.07) is 2.66. The average Bonchev–Trinajstić information content (AvgIpc) is 2.27. The quantitative estimate of drug-likeness (QED) is 0.901. The van der Waals surface area contributed by atoms with Crippen LogP contribution < -0.4 is 5.56 Å². The van der Waals surface area contributed by atoms with E-state index in [-0.39, 0.29) is 23.1 Å². The van der Waals surface area contributed by atoms with E-state index in [0.29, 0.717) is 11.3 Å². The van der Waals surface area contributed by atoms with Gasteiger partial charge in [-0.15, -0.1) is 0 Å². The van der Waals surface area contributed by atoms with Gasteiger partial charge in [0.05, 0.1) is 5.69 Å². The Morgan fingerprint density at radius 2 is 2.25 bits per heavy atom. The molecule has 1 N–H and O–H groups in total. The van der Waals surface area contributed by atoms with Gasteiger partial charge in [-0.1, -0.05) is 0 Å².